The average Bonchev–Trinajstić information content (AvgIpc) is 3.51. The number of aromatic nitrogens is 1. The smallest absolute Gasteiger partial charge is 0.253 e. The summed E-state index contributed by atoms with van der Waals surface area (Å²) >= 11 is 5.76. The van der Waals surface area contributed by atoms with Crippen LogP contribution in [0.3, 0.4) is 0 Å². The molecule has 1 unspecified atom stereocenters. The fourth-order valence-corrected chi connectivity index (χ4v) is 4.71. The molecule has 0 bridgehead atoms. The molecule has 7 nitrogen and oxygen atoms in total. The van der Waals surface area contributed by atoms with E-state index < -0.39 is 0 Å². The zero-order valence-electron chi connectivity index (χ0n) is 19.3. The molecule has 1 atom stereocenters. The monoisotopic (exact) mass is 479 g/mol. The summed E-state index contributed by atoms with van der Waals surface area (Å²) in [5, 5.41) is 4.90. The summed E-state index contributed by atoms with van der Waals surface area (Å²) in [5.74, 6) is 1.34. The molecule has 8 heteroatoms. The number of aryl methyl sites for hydroxylation is 1. The minimum absolute atomic E-state index is 0.131. The standard InChI is InChI=1S/C26H29N3O4S/c1-17-4-2-5-18(10-17)7-8-29(26(34)27-14-21-6-3-9-31-21)15-20-11-19-12-23-24(33-16-32-23)13-22(19)28-25(20)30/h2,4-5,10-13,21H,3,6-9,14-16H2,1H3,(H,27,34)(H,28,30). The number of hydrogen-bond donors (Lipinski definition) is 2. The summed E-state index contributed by atoms with van der Waals surface area (Å²) in [4.78, 5) is 18.0. The highest BCUT2D eigenvalue weighted by Gasteiger charge is 2.19. The first-order valence-corrected chi connectivity index (χ1v) is 12.1. The molecule has 0 saturated carbocycles. The van der Waals surface area contributed by atoms with Gasteiger partial charge in [0.15, 0.2) is 16.6 Å². The number of aromatic amines is 1. The fraction of sp³-hybridized carbons (Fsp3) is 0.385. The highest BCUT2D eigenvalue weighted by molar-refractivity contribution is 7.80. The summed E-state index contributed by atoms with van der Waals surface area (Å²) in [6.45, 7) is 4.87. The molecule has 2 N–H and O–H groups in total. The van der Waals surface area contributed by atoms with Gasteiger partial charge >= 0.3 is 0 Å². The van der Waals surface area contributed by atoms with Gasteiger partial charge in [0, 0.05) is 36.7 Å². The van der Waals surface area contributed by atoms with Gasteiger partial charge in [-0.05, 0) is 56.1 Å². The van der Waals surface area contributed by atoms with Gasteiger partial charge in [-0.25, -0.2) is 0 Å². The molecule has 1 saturated heterocycles. The minimum Gasteiger partial charge on any atom is -0.454 e. The van der Waals surface area contributed by atoms with Crippen LogP contribution in [0, 0.1) is 6.92 Å². The van der Waals surface area contributed by atoms with Crippen LogP contribution in [0.2, 0.25) is 0 Å². The van der Waals surface area contributed by atoms with E-state index >= 15 is 0 Å². The Labute approximate surface area is 204 Å². The first-order chi connectivity index (χ1) is 16.5. The number of fused-ring (bicyclic) bond motifs is 2. The molecule has 2 aromatic carbocycles. The van der Waals surface area contributed by atoms with Crippen LogP contribution in [0.15, 0.2) is 47.3 Å². The van der Waals surface area contributed by atoms with Gasteiger partial charge in [-0.3, -0.25) is 4.79 Å². The Hall–Kier alpha value is -3.10. The van der Waals surface area contributed by atoms with Crippen molar-refractivity contribution >= 4 is 28.2 Å². The van der Waals surface area contributed by atoms with Gasteiger partial charge in [0.1, 0.15) is 0 Å². The van der Waals surface area contributed by atoms with Gasteiger partial charge < -0.3 is 29.4 Å². The van der Waals surface area contributed by atoms with Crippen molar-refractivity contribution in [1.29, 1.82) is 0 Å². The molecule has 2 aliphatic heterocycles. The van der Waals surface area contributed by atoms with E-state index in [1.54, 1.807) is 0 Å². The molecule has 34 heavy (non-hydrogen) atoms. The fourth-order valence-electron chi connectivity index (χ4n) is 4.47. The highest BCUT2D eigenvalue weighted by atomic mass is 32.1. The van der Waals surface area contributed by atoms with E-state index in [-0.39, 0.29) is 18.5 Å². The Kier molecular flexibility index (Phi) is 6.69. The van der Waals surface area contributed by atoms with Gasteiger partial charge in [0.25, 0.3) is 5.56 Å². The number of benzene rings is 2. The second kappa shape index (κ2) is 10.0. The Balaban J connectivity index is 1.36. The third kappa shape index (κ3) is 5.18. The molecule has 3 heterocycles. The van der Waals surface area contributed by atoms with E-state index in [0.717, 1.165) is 36.8 Å². The molecular weight excluding hydrogens is 450 g/mol. The summed E-state index contributed by atoms with van der Waals surface area (Å²) in [6.07, 6.45) is 3.14. The summed E-state index contributed by atoms with van der Waals surface area (Å²) in [7, 11) is 0. The third-order valence-corrected chi connectivity index (χ3v) is 6.72. The van der Waals surface area contributed by atoms with Crippen molar-refractivity contribution in [2.24, 2.45) is 0 Å². The molecule has 1 fully saturated rings. The second-order valence-corrected chi connectivity index (χ2v) is 9.28. The molecule has 0 aliphatic carbocycles. The summed E-state index contributed by atoms with van der Waals surface area (Å²) < 4.78 is 16.7. The molecule has 2 aliphatic rings. The normalized spacial score (nSPS) is 16.7. The van der Waals surface area contributed by atoms with Crippen molar-refractivity contribution in [2.75, 3.05) is 26.5 Å². The largest absolute Gasteiger partial charge is 0.454 e. The lowest BCUT2D eigenvalue weighted by Gasteiger charge is -2.27. The number of nitrogens with one attached hydrogen (secondary N) is 2. The van der Waals surface area contributed by atoms with Crippen LogP contribution in [0.4, 0.5) is 0 Å². The maximum Gasteiger partial charge on any atom is 0.253 e. The van der Waals surface area contributed by atoms with E-state index in [1.165, 1.54) is 11.1 Å². The first kappa shape index (κ1) is 22.7. The van der Waals surface area contributed by atoms with Crippen molar-refractivity contribution in [3.8, 4) is 11.5 Å². The molecule has 0 radical (unpaired) electrons. The van der Waals surface area contributed by atoms with Crippen LogP contribution in [-0.4, -0.2) is 47.6 Å². The first-order valence-electron chi connectivity index (χ1n) is 11.7. The van der Waals surface area contributed by atoms with Crippen LogP contribution in [0.25, 0.3) is 10.9 Å². The topological polar surface area (TPSA) is 75.8 Å². The van der Waals surface area contributed by atoms with Crippen molar-refractivity contribution in [2.45, 2.75) is 38.8 Å². The van der Waals surface area contributed by atoms with E-state index in [9.17, 15) is 4.79 Å². The molecule has 3 aromatic rings. The van der Waals surface area contributed by atoms with Gasteiger partial charge in [-0.15, -0.1) is 0 Å². The molecular formula is C26H29N3O4S. The quantitative estimate of drug-likeness (QED) is 0.501. The Morgan fingerprint density at radius 1 is 1.21 bits per heavy atom. The Morgan fingerprint density at radius 2 is 2.06 bits per heavy atom. The van der Waals surface area contributed by atoms with Gasteiger partial charge in [-0.1, -0.05) is 29.8 Å². The predicted octanol–water partition coefficient (Wildman–Crippen LogP) is 3.66. The van der Waals surface area contributed by atoms with Gasteiger partial charge in [0.2, 0.25) is 6.79 Å². The lowest BCUT2D eigenvalue weighted by Crippen LogP contribution is -2.43. The number of hydrogen-bond acceptors (Lipinski definition) is 5. The van der Waals surface area contributed by atoms with E-state index in [4.69, 9.17) is 26.4 Å². The van der Waals surface area contributed by atoms with Crippen LogP contribution in [0.1, 0.15) is 29.5 Å². The number of pyridine rings is 1. The maximum absolute atomic E-state index is 12.9. The zero-order chi connectivity index (χ0) is 23.5. The van der Waals surface area contributed by atoms with Crippen LogP contribution in [-0.2, 0) is 17.7 Å². The second-order valence-electron chi connectivity index (χ2n) is 8.90. The van der Waals surface area contributed by atoms with Crippen LogP contribution < -0.4 is 20.3 Å². The van der Waals surface area contributed by atoms with E-state index in [0.29, 0.717) is 41.8 Å². The van der Waals surface area contributed by atoms with Gasteiger partial charge in [-0.2, -0.15) is 0 Å². The van der Waals surface area contributed by atoms with Crippen molar-refractivity contribution in [3.63, 3.8) is 0 Å². The highest BCUT2D eigenvalue weighted by Crippen LogP contribution is 2.35. The van der Waals surface area contributed by atoms with Crippen molar-refractivity contribution in [1.82, 2.24) is 15.2 Å². The molecule has 1 aromatic heterocycles. The van der Waals surface area contributed by atoms with E-state index in [2.05, 4.69) is 46.4 Å². The van der Waals surface area contributed by atoms with Crippen LogP contribution >= 0.6 is 12.2 Å². The predicted molar refractivity (Wildman–Crippen MR) is 136 cm³/mol. The number of ether oxygens (including phenoxy) is 3. The van der Waals surface area contributed by atoms with Crippen LogP contribution in [0.5, 0.6) is 11.5 Å². The van der Waals surface area contributed by atoms with Gasteiger partial charge in [0.05, 0.1) is 18.2 Å². The Bertz CT molecular complexity index is 1250. The Morgan fingerprint density at radius 3 is 2.85 bits per heavy atom. The third-order valence-electron chi connectivity index (χ3n) is 6.32. The average molecular weight is 480 g/mol. The minimum atomic E-state index is -0.131. The number of thiocarbonyl (C=S) groups is 1. The summed E-state index contributed by atoms with van der Waals surface area (Å²) in [5.41, 5.74) is 3.72. The SMILES string of the molecule is Cc1cccc(CCN(Cc2cc3cc4c(cc3[nH]c2=O)OCO4)C(=S)NCC2CCCO2)c1. The zero-order valence-corrected chi connectivity index (χ0v) is 20.1. The lowest BCUT2D eigenvalue weighted by molar-refractivity contribution is 0.113. The molecule has 178 valence electrons. The molecule has 5 rings (SSSR count). The number of nitrogens with zero attached hydrogens (tertiary/aromatic N) is 1. The van der Waals surface area contributed by atoms with Crippen molar-refractivity contribution < 1.29 is 14.2 Å². The lowest BCUT2D eigenvalue weighted by atomic mass is 10.1. The number of H-pyrrole nitrogens is 1. The number of rotatable bonds is 7. The summed E-state index contributed by atoms with van der Waals surface area (Å²) in [6, 6.07) is 14.1. The molecule has 0 amide bonds. The maximum atomic E-state index is 12.9. The van der Waals surface area contributed by atoms with E-state index in [1.807, 2.05) is 18.2 Å². The van der Waals surface area contributed by atoms with Crippen molar-refractivity contribution in [3.05, 3.63) is 69.5 Å². The molecule has 0 spiro atoms.